The van der Waals surface area contributed by atoms with Crippen molar-refractivity contribution in [1.82, 2.24) is 0 Å². The third kappa shape index (κ3) is 8.94. The highest BCUT2D eigenvalue weighted by Gasteiger charge is 1.97. The summed E-state index contributed by atoms with van der Waals surface area (Å²) in [5, 5.41) is 0. The maximum Gasteiger partial charge on any atom is -0.00370 e. The van der Waals surface area contributed by atoms with Crippen LogP contribution in [0.25, 0.3) is 0 Å². The van der Waals surface area contributed by atoms with Crippen LogP contribution in [-0.2, 0) is 0 Å². The molecule has 0 aromatic carbocycles. The Morgan fingerprint density at radius 1 is 0.857 bits per heavy atom. The van der Waals surface area contributed by atoms with Gasteiger partial charge in [0.15, 0.2) is 0 Å². The average molecular weight is 262 g/mol. The Balaban J connectivity index is 3.36. The predicted molar refractivity (Wildman–Crippen MR) is 78.3 cm³/mol. The lowest BCUT2D eigenvalue weighted by atomic mass is 10.4. The second-order valence-electron chi connectivity index (χ2n) is 2.37. The van der Waals surface area contributed by atoms with Crippen molar-refractivity contribution in [2.24, 2.45) is 0 Å². The van der Waals surface area contributed by atoms with E-state index in [1.54, 1.807) is 41.2 Å². The highest BCUT2D eigenvalue weighted by atomic mass is 33.7. The maximum atomic E-state index is 3.91. The first kappa shape index (κ1) is 14.4. The van der Waals surface area contributed by atoms with Crippen molar-refractivity contribution in [3.63, 3.8) is 0 Å². The van der Waals surface area contributed by atoms with Crippen LogP contribution in [0.15, 0.2) is 48.3 Å². The average Bonchev–Trinajstić information content (AvgIpc) is 2.13. The third-order valence-electron chi connectivity index (χ3n) is 1.08. The van der Waals surface area contributed by atoms with Crippen molar-refractivity contribution in [1.29, 1.82) is 0 Å². The van der Waals surface area contributed by atoms with Gasteiger partial charge >= 0.3 is 0 Å². The molecule has 0 N–H and O–H groups in total. The molecule has 0 unspecified atom stereocenters. The summed E-state index contributed by atoms with van der Waals surface area (Å²) in [7, 11) is 6.79. The number of hydrogen-bond donors (Lipinski definition) is 0. The molecule has 0 fully saturated rings. The Kier molecular flexibility index (Phi) is 10.2. The molecule has 0 saturated carbocycles. The minimum Gasteiger partial charge on any atom is -0.103 e. The molecule has 0 heterocycles. The standard InChI is InChI=1S/C10H14S4/c1-5-7-9(3)11-13-14-12-10(4)8-6-2/h5-6H,1-4,7-8H2. The zero-order chi connectivity index (χ0) is 10.8. The van der Waals surface area contributed by atoms with Gasteiger partial charge in [-0.3, -0.25) is 0 Å². The number of rotatable bonds is 9. The molecule has 0 atom stereocenters. The van der Waals surface area contributed by atoms with Gasteiger partial charge in [0, 0.05) is 0 Å². The zero-order valence-electron chi connectivity index (χ0n) is 8.03. The Morgan fingerprint density at radius 3 is 1.50 bits per heavy atom. The summed E-state index contributed by atoms with van der Waals surface area (Å²) in [5.74, 6) is 0. The number of allylic oxidation sites excluding steroid dienone is 4. The Labute approximate surface area is 102 Å². The van der Waals surface area contributed by atoms with Gasteiger partial charge in [-0.2, -0.15) is 0 Å². The molecule has 4 heteroatoms. The molecule has 0 nitrogen and oxygen atoms in total. The van der Waals surface area contributed by atoms with Gasteiger partial charge in [-0.1, -0.05) is 46.9 Å². The molecule has 0 aliphatic carbocycles. The summed E-state index contributed by atoms with van der Waals surface area (Å²) in [6, 6.07) is 0. The van der Waals surface area contributed by atoms with Crippen molar-refractivity contribution >= 4 is 41.2 Å². The molecule has 0 aromatic heterocycles. The van der Waals surface area contributed by atoms with Crippen molar-refractivity contribution in [2.45, 2.75) is 12.8 Å². The van der Waals surface area contributed by atoms with E-state index < -0.39 is 0 Å². The molecule has 78 valence electrons. The van der Waals surface area contributed by atoms with Crippen LogP contribution in [-0.4, -0.2) is 0 Å². The van der Waals surface area contributed by atoms with Gasteiger partial charge in [0.25, 0.3) is 0 Å². The molecular formula is C10H14S4. The van der Waals surface area contributed by atoms with E-state index >= 15 is 0 Å². The molecular weight excluding hydrogens is 248 g/mol. The van der Waals surface area contributed by atoms with E-state index in [9.17, 15) is 0 Å². The molecule has 14 heavy (non-hydrogen) atoms. The van der Waals surface area contributed by atoms with Crippen molar-refractivity contribution in [3.8, 4) is 0 Å². The minimum atomic E-state index is 0.872. The lowest BCUT2D eigenvalue weighted by Gasteiger charge is -2.01. The molecule has 0 amide bonds. The molecule has 0 aliphatic heterocycles. The van der Waals surface area contributed by atoms with E-state index in [-0.39, 0.29) is 0 Å². The summed E-state index contributed by atoms with van der Waals surface area (Å²) in [5.41, 5.74) is 0. The van der Waals surface area contributed by atoms with E-state index in [4.69, 9.17) is 0 Å². The van der Waals surface area contributed by atoms with Gasteiger partial charge in [-0.05, 0) is 42.3 Å². The quantitative estimate of drug-likeness (QED) is 0.290. The maximum absolute atomic E-state index is 3.91. The minimum absolute atomic E-state index is 0.872. The summed E-state index contributed by atoms with van der Waals surface area (Å²) in [6.07, 6.45) is 5.47. The second kappa shape index (κ2) is 9.90. The highest BCUT2D eigenvalue weighted by Crippen LogP contribution is 2.49. The second-order valence-corrected chi connectivity index (χ2v) is 8.39. The van der Waals surface area contributed by atoms with E-state index in [1.165, 1.54) is 0 Å². The van der Waals surface area contributed by atoms with Crippen LogP contribution in [0.1, 0.15) is 12.8 Å². The highest BCUT2D eigenvalue weighted by molar-refractivity contribution is 9.26. The smallest absolute Gasteiger partial charge is 0.00370 e. The molecule has 0 saturated heterocycles. The Morgan fingerprint density at radius 2 is 1.21 bits per heavy atom. The lowest BCUT2D eigenvalue weighted by molar-refractivity contribution is 1.39. The fraction of sp³-hybridized carbons (Fsp3) is 0.200. The van der Waals surface area contributed by atoms with Gasteiger partial charge < -0.3 is 0 Å². The van der Waals surface area contributed by atoms with Crippen LogP contribution in [0.3, 0.4) is 0 Å². The first-order valence-corrected chi connectivity index (χ1v) is 8.77. The topological polar surface area (TPSA) is 0 Å². The van der Waals surface area contributed by atoms with Gasteiger partial charge in [0.05, 0.1) is 0 Å². The van der Waals surface area contributed by atoms with Gasteiger partial charge in [0.1, 0.15) is 0 Å². The van der Waals surface area contributed by atoms with Crippen LogP contribution >= 0.6 is 41.2 Å². The normalized spacial score (nSPS) is 9.43. The van der Waals surface area contributed by atoms with E-state index in [0.717, 1.165) is 22.7 Å². The fourth-order valence-electron chi connectivity index (χ4n) is 0.514. The van der Waals surface area contributed by atoms with E-state index in [1.807, 2.05) is 12.2 Å². The largest absolute Gasteiger partial charge is 0.103 e. The third-order valence-corrected chi connectivity index (χ3v) is 7.29. The molecule has 0 spiro atoms. The monoisotopic (exact) mass is 262 g/mol. The molecule has 0 rings (SSSR count). The van der Waals surface area contributed by atoms with Crippen LogP contribution in [0.4, 0.5) is 0 Å². The number of hydrogen-bond acceptors (Lipinski definition) is 4. The molecule has 0 radical (unpaired) electrons. The SMILES string of the molecule is C=CCC(=C)SSSSC(=C)CC=C. The summed E-state index contributed by atoms with van der Waals surface area (Å²) < 4.78 is 0. The Bertz CT molecular complexity index is 196. The van der Waals surface area contributed by atoms with E-state index in [2.05, 4.69) is 26.3 Å². The van der Waals surface area contributed by atoms with Gasteiger partial charge in [-0.25, -0.2) is 0 Å². The van der Waals surface area contributed by atoms with Crippen molar-refractivity contribution in [3.05, 3.63) is 48.3 Å². The van der Waals surface area contributed by atoms with Crippen LogP contribution in [0, 0.1) is 0 Å². The van der Waals surface area contributed by atoms with Gasteiger partial charge in [-0.15, -0.1) is 13.2 Å². The first-order valence-electron chi connectivity index (χ1n) is 3.96. The van der Waals surface area contributed by atoms with Gasteiger partial charge in [0.2, 0.25) is 0 Å². The zero-order valence-corrected chi connectivity index (χ0v) is 11.3. The predicted octanol–water partition coefficient (Wildman–Crippen LogP) is 5.84. The summed E-state index contributed by atoms with van der Waals surface area (Å²) in [4.78, 5) is 2.26. The summed E-state index contributed by atoms with van der Waals surface area (Å²) >= 11 is 0. The molecule has 0 aromatic rings. The van der Waals surface area contributed by atoms with Crippen molar-refractivity contribution in [2.75, 3.05) is 0 Å². The van der Waals surface area contributed by atoms with Crippen molar-refractivity contribution < 1.29 is 0 Å². The van der Waals surface area contributed by atoms with E-state index in [0.29, 0.717) is 0 Å². The lowest BCUT2D eigenvalue weighted by Crippen LogP contribution is -1.65. The molecule has 0 aliphatic rings. The van der Waals surface area contributed by atoms with Crippen LogP contribution in [0.2, 0.25) is 0 Å². The van der Waals surface area contributed by atoms with Crippen LogP contribution < -0.4 is 0 Å². The Hall–Kier alpha value is 0.360. The van der Waals surface area contributed by atoms with Crippen LogP contribution in [0.5, 0.6) is 0 Å². The fourth-order valence-corrected chi connectivity index (χ4v) is 6.02. The molecule has 0 bridgehead atoms. The summed E-state index contributed by atoms with van der Waals surface area (Å²) in [6.45, 7) is 15.1. The first-order chi connectivity index (χ1) is 6.70.